The topological polar surface area (TPSA) is 55.4 Å². The number of aryl methyl sites for hydroxylation is 1. The molecule has 132 valence electrons. The number of ether oxygens (including phenoxy) is 1. The second-order valence-electron chi connectivity index (χ2n) is 6.09. The first-order valence-electron chi connectivity index (χ1n) is 8.63. The summed E-state index contributed by atoms with van der Waals surface area (Å²) in [4.78, 5) is 24.3. The fraction of sp³-hybridized carbons (Fsp3) is 0.333. The van der Waals surface area contributed by atoms with Crippen LogP contribution < -0.4 is 10.1 Å². The summed E-state index contributed by atoms with van der Waals surface area (Å²) in [7, 11) is 0. The molecule has 0 unspecified atom stereocenters. The molecule has 0 aromatic heterocycles. The van der Waals surface area contributed by atoms with Crippen LogP contribution >= 0.6 is 0 Å². The van der Waals surface area contributed by atoms with Gasteiger partial charge >= 0.3 is 0 Å². The lowest BCUT2D eigenvalue weighted by atomic mass is 10.1. The molecule has 0 aliphatic heterocycles. The Bertz CT molecular complexity index is 735. The molecular formula is C21H25NO3. The van der Waals surface area contributed by atoms with Gasteiger partial charge in [0.25, 0.3) is 0 Å². The fourth-order valence-electron chi connectivity index (χ4n) is 2.43. The summed E-state index contributed by atoms with van der Waals surface area (Å²) >= 11 is 0. The second-order valence-corrected chi connectivity index (χ2v) is 6.09. The minimum Gasteiger partial charge on any atom is -0.494 e. The van der Waals surface area contributed by atoms with Gasteiger partial charge in [-0.1, -0.05) is 19.1 Å². The van der Waals surface area contributed by atoms with Gasteiger partial charge in [-0.05, 0) is 61.7 Å². The van der Waals surface area contributed by atoms with Crippen LogP contribution in [0.2, 0.25) is 0 Å². The van der Waals surface area contributed by atoms with Crippen LogP contribution in [0, 0.1) is 13.8 Å². The Kier molecular flexibility index (Phi) is 6.75. The van der Waals surface area contributed by atoms with E-state index < -0.39 is 0 Å². The van der Waals surface area contributed by atoms with Crippen LogP contribution in [0.4, 0.5) is 5.69 Å². The molecule has 0 fully saturated rings. The first-order chi connectivity index (χ1) is 12.0. The van der Waals surface area contributed by atoms with Crippen molar-refractivity contribution in [1.29, 1.82) is 0 Å². The Balaban J connectivity index is 1.86. The van der Waals surface area contributed by atoms with Crippen molar-refractivity contribution >= 4 is 17.4 Å². The Morgan fingerprint density at radius 2 is 1.72 bits per heavy atom. The maximum absolute atomic E-state index is 12.2. The molecule has 0 aliphatic carbocycles. The quantitative estimate of drug-likeness (QED) is 0.710. The lowest BCUT2D eigenvalue weighted by Crippen LogP contribution is -2.14. The van der Waals surface area contributed by atoms with Crippen molar-refractivity contribution in [1.82, 2.24) is 0 Å². The molecule has 2 aromatic rings. The maximum atomic E-state index is 12.2. The zero-order valence-electron chi connectivity index (χ0n) is 15.1. The van der Waals surface area contributed by atoms with E-state index in [0.29, 0.717) is 12.2 Å². The number of carbonyl (C=O) groups excluding carboxylic acids is 2. The van der Waals surface area contributed by atoms with E-state index in [1.807, 2.05) is 39.0 Å². The number of hydrogen-bond donors (Lipinski definition) is 1. The zero-order chi connectivity index (χ0) is 18.2. The maximum Gasteiger partial charge on any atom is 0.224 e. The molecule has 0 bridgehead atoms. The van der Waals surface area contributed by atoms with E-state index in [-0.39, 0.29) is 24.5 Å². The summed E-state index contributed by atoms with van der Waals surface area (Å²) < 4.78 is 5.50. The van der Waals surface area contributed by atoms with Gasteiger partial charge in [0.15, 0.2) is 5.78 Å². The monoisotopic (exact) mass is 339 g/mol. The van der Waals surface area contributed by atoms with Gasteiger partial charge in [-0.2, -0.15) is 0 Å². The number of ketones is 1. The predicted molar refractivity (Wildman–Crippen MR) is 100 cm³/mol. The molecule has 0 saturated carbocycles. The van der Waals surface area contributed by atoms with Gasteiger partial charge in [-0.15, -0.1) is 0 Å². The normalized spacial score (nSPS) is 10.4. The standard InChI is InChI=1S/C21H25NO3/c1-4-14-25-18-10-8-17(9-11-18)20(23)12-13-21(24)22-19-7-5-6-15(2)16(19)3/h5-11H,4,12-14H2,1-3H3,(H,22,24). The van der Waals surface area contributed by atoms with Crippen LogP contribution in [0.25, 0.3) is 0 Å². The highest BCUT2D eigenvalue weighted by Crippen LogP contribution is 2.19. The van der Waals surface area contributed by atoms with E-state index in [1.165, 1.54) is 0 Å². The third-order valence-corrected chi connectivity index (χ3v) is 4.11. The number of hydrogen-bond acceptors (Lipinski definition) is 3. The molecular weight excluding hydrogens is 314 g/mol. The highest BCUT2D eigenvalue weighted by molar-refractivity contribution is 6.00. The summed E-state index contributed by atoms with van der Waals surface area (Å²) in [5, 5.41) is 2.88. The molecule has 4 heteroatoms. The number of carbonyl (C=O) groups is 2. The van der Waals surface area contributed by atoms with Crippen LogP contribution in [0.15, 0.2) is 42.5 Å². The fourth-order valence-corrected chi connectivity index (χ4v) is 2.43. The molecule has 25 heavy (non-hydrogen) atoms. The van der Waals surface area contributed by atoms with Crippen molar-refractivity contribution in [2.75, 3.05) is 11.9 Å². The number of nitrogens with one attached hydrogen (secondary N) is 1. The third-order valence-electron chi connectivity index (χ3n) is 4.11. The van der Waals surface area contributed by atoms with Gasteiger partial charge < -0.3 is 10.1 Å². The molecule has 0 atom stereocenters. The van der Waals surface area contributed by atoms with Crippen LogP contribution in [-0.2, 0) is 4.79 Å². The van der Waals surface area contributed by atoms with E-state index in [0.717, 1.165) is 29.0 Å². The predicted octanol–water partition coefficient (Wildman–Crippen LogP) is 4.69. The number of Topliss-reactive ketones (excluding diaryl/α,β-unsaturated/α-hetero) is 1. The molecule has 2 aromatic carbocycles. The Morgan fingerprint density at radius 1 is 1.00 bits per heavy atom. The number of benzene rings is 2. The molecule has 1 amide bonds. The van der Waals surface area contributed by atoms with Crippen molar-refractivity contribution in [3.05, 3.63) is 59.2 Å². The smallest absolute Gasteiger partial charge is 0.224 e. The molecule has 0 spiro atoms. The molecule has 4 nitrogen and oxygen atoms in total. The van der Waals surface area contributed by atoms with E-state index in [9.17, 15) is 9.59 Å². The van der Waals surface area contributed by atoms with Gasteiger partial charge in [-0.3, -0.25) is 9.59 Å². The van der Waals surface area contributed by atoms with Gasteiger partial charge in [0.05, 0.1) is 6.61 Å². The van der Waals surface area contributed by atoms with Crippen molar-refractivity contribution in [2.45, 2.75) is 40.0 Å². The first kappa shape index (κ1) is 18.7. The molecule has 2 rings (SSSR count). The van der Waals surface area contributed by atoms with Crippen molar-refractivity contribution in [3.63, 3.8) is 0 Å². The van der Waals surface area contributed by atoms with Crippen molar-refractivity contribution < 1.29 is 14.3 Å². The van der Waals surface area contributed by atoms with Crippen LogP contribution in [0.3, 0.4) is 0 Å². The molecule has 0 radical (unpaired) electrons. The Morgan fingerprint density at radius 3 is 2.40 bits per heavy atom. The highest BCUT2D eigenvalue weighted by atomic mass is 16.5. The van der Waals surface area contributed by atoms with Crippen molar-refractivity contribution in [3.8, 4) is 5.75 Å². The summed E-state index contributed by atoms with van der Waals surface area (Å²) in [6.07, 6.45) is 1.29. The summed E-state index contributed by atoms with van der Waals surface area (Å²) in [6, 6.07) is 12.9. The van der Waals surface area contributed by atoms with Gasteiger partial charge in [0.1, 0.15) is 5.75 Å². The zero-order valence-corrected chi connectivity index (χ0v) is 15.1. The van der Waals surface area contributed by atoms with Crippen molar-refractivity contribution in [2.24, 2.45) is 0 Å². The minimum atomic E-state index is -0.148. The van der Waals surface area contributed by atoms with Crippen LogP contribution in [0.1, 0.15) is 47.7 Å². The average molecular weight is 339 g/mol. The molecule has 0 aliphatic rings. The number of anilines is 1. The molecule has 0 saturated heterocycles. The number of rotatable bonds is 8. The Hall–Kier alpha value is -2.62. The van der Waals surface area contributed by atoms with E-state index >= 15 is 0 Å². The second kappa shape index (κ2) is 9.02. The van der Waals surface area contributed by atoms with Gasteiger partial charge in [0, 0.05) is 24.1 Å². The molecule has 1 N–H and O–H groups in total. The first-order valence-corrected chi connectivity index (χ1v) is 8.63. The SMILES string of the molecule is CCCOc1ccc(C(=O)CCC(=O)Nc2cccc(C)c2C)cc1. The third kappa shape index (κ3) is 5.45. The summed E-state index contributed by atoms with van der Waals surface area (Å²) in [5.74, 6) is 0.564. The van der Waals surface area contributed by atoms with E-state index in [1.54, 1.807) is 24.3 Å². The highest BCUT2D eigenvalue weighted by Gasteiger charge is 2.11. The van der Waals surface area contributed by atoms with Gasteiger partial charge in [-0.25, -0.2) is 0 Å². The minimum absolute atomic E-state index is 0.0434. The lowest BCUT2D eigenvalue weighted by Gasteiger charge is -2.10. The number of amides is 1. The van der Waals surface area contributed by atoms with E-state index in [2.05, 4.69) is 5.32 Å². The van der Waals surface area contributed by atoms with Crippen LogP contribution in [-0.4, -0.2) is 18.3 Å². The molecule has 0 heterocycles. The van der Waals surface area contributed by atoms with E-state index in [4.69, 9.17) is 4.74 Å². The van der Waals surface area contributed by atoms with Gasteiger partial charge in [0.2, 0.25) is 5.91 Å². The average Bonchev–Trinajstić information content (AvgIpc) is 2.62. The summed E-state index contributed by atoms with van der Waals surface area (Å²) in [5.41, 5.74) is 3.57. The van der Waals surface area contributed by atoms with Crippen LogP contribution in [0.5, 0.6) is 5.75 Å². The summed E-state index contributed by atoms with van der Waals surface area (Å²) in [6.45, 7) is 6.67. The Labute approximate surface area is 149 Å². The lowest BCUT2D eigenvalue weighted by molar-refractivity contribution is -0.116. The largest absolute Gasteiger partial charge is 0.494 e.